The smallest absolute Gasteiger partial charge is 0.256 e. The number of aromatic amines is 1. The highest BCUT2D eigenvalue weighted by molar-refractivity contribution is 5.57. The second kappa shape index (κ2) is 6.71. The topological polar surface area (TPSA) is 82.1 Å². The minimum absolute atomic E-state index is 0.367. The van der Waals surface area contributed by atoms with Crippen LogP contribution in [0, 0.1) is 11.8 Å². The third-order valence-corrected chi connectivity index (χ3v) is 4.64. The van der Waals surface area contributed by atoms with Gasteiger partial charge in [-0.1, -0.05) is 18.2 Å². The first-order valence-corrected chi connectivity index (χ1v) is 8.25. The zero-order valence-electron chi connectivity index (χ0n) is 14.2. The van der Waals surface area contributed by atoms with Gasteiger partial charge in [0.25, 0.3) is 5.69 Å². The molecule has 5 nitrogen and oxygen atoms in total. The number of nitroso groups, excluding NO2 is 1. The molecule has 0 aliphatic heterocycles. The van der Waals surface area contributed by atoms with E-state index in [2.05, 4.69) is 24.1 Å². The molecular weight excluding hydrogens is 302 g/mol. The molecular formula is C19H24N3O2+. The van der Waals surface area contributed by atoms with E-state index >= 15 is 0 Å². The van der Waals surface area contributed by atoms with Crippen molar-refractivity contribution in [2.45, 2.75) is 38.9 Å². The maximum absolute atomic E-state index is 11.0. The highest BCUT2D eigenvalue weighted by Crippen LogP contribution is 2.31. The summed E-state index contributed by atoms with van der Waals surface area (Å²) in [6.07, 6.45) is 7.90. The Balaban J connectivity index is 1.73. The molecule has 0 saturated carbocycles. The van der Waals surface area contributed by atoms with Crippen LogP contribution in [-0.4, -0.2) is 17.1 Å². The zero-order valence-corrected chi connectivity index (χ0v) is 14.2. The van der Waals surface area contributed by atoms with Gasteiger partial charge in [0, 0.05) is 40.0 Å². The lowest BCUT2D eigenvalue weighted by molar-refractivity contribution is -0.380. The number of nitrogens with two attached hydrogens (primary N) is 1. The molecule has 2 aromatic rings. The second-order valence-electron chi connectivity index (χ2n) is 6.61. The number of H-pyrrole nitrogens is 1. The van der Waals surface area contributed by atoms with E-state index in [0.717, 1.165) is 29.7 Å². The van der Waals surface area contributed by atoms with E-state index in [-0.39, 0.29) is 5.60 Å². The third kappa shape index (κ3) is 3.32. The van der Waals surface area contributed by atoms with Crippen LogP contribution in [0.2, 0.25) is 0 Å². The lowest BCUT2D eigenvalue weighted by Crippen LogP contribution is -2.56. The molecule has 126 valence electrons. The first-order valence-electron chi connectivity index (χ1n) is 8.25. The first-order chi connectivity index (χ1) is 11.5. The van der Waals surface area contributed by atoms with Gasteiger partial charge in [-0.05, 0) is 49.6 Å². The fraction of sp³-hybridized carbons (Fsp3) is 0.368. The number of nitrogens with one attached hydrogen (secondary N) is 2. The van der Waals surface area contributed by atoms with Crippen LogP contribution in [0.5, 0.6) is 0 Å². The summed E-state index contributed by atoms with van der Waals surface area (Å²) in [4.78, 5) is 14.3. The summed E-state index contributed by atoms with van der Waals surface area (Å²) in [7, 11) is 0. The second-order valence-corrected chi connectivity index (χ2v) is 6.61. The fourth-order valence-corrected chi connectivity index (χ4v) is 3.13. The molecule has 0 fully saturated rings. The van der Waals surface area contributed by atoms with Crippen LogP contribution in [0.15, 0.2) is 30.5 Å². The molecule has 24 heavy (non-hydrogen) atoms. The third-order valence-electron chi connectivity index (χ3n) is 4.64. The molecule has 1 heterocycles. The number of aryl methyl sites for hydroxylation is 1. The minimum atomic E-state index is -0.367. The van der Waals surface area contributed by atoms with Crippen LogP contribution in [0.25, 0.3) is 6.08 Å². The van der Waals surface area contributed by atoms with Crippen molar-refractivity contribution in [1.82, 2.24) is 4.98 Å². The molecule has 1 aromatic heterocycles. The lowest BCUT2D eigenvalue weighted by atomic mass is 9.88. The summed E-state index contributed by atoms with van der Waals surface area (Å²) in [6, 6.07) is 5.77. The Morgan fingerprint density at radius 1 is 1.42 bits per heavy atom. The maximum Gasteiger partial charge on any atom is 0.256 e. The van der Waals surface area contributed by atoms with Gasteiger partial charge < -0.3 is 15.5 Å². The Bertz CT molecular complexity index is 779. The predicted octanol–water partition coefficient (Wildman–Crippen LogP) is 1.85. The summed E-state index contributed by atoms with van der Waals surface area (Å²) in [6.45, 7) is 5.09. The Morgan fingerprint density at radius 3 is 3.00 bits per heavy atom. The van der Waals surface area contributed by atoms with Crippen LogP contribution < -0.4 is 10.9 Å². The van der Waals surface area contributed by atoms with E-state index in [4.69, 9.17) is 10.5 Å². The van der Waals surface area contributed by atoms with Gasteiger partial charge in [0.15, 0.2) is 0 Å². The van der Waals surface area contributed by atoms with E-state index in [1.54, 1.807) is 0 Å². The van der Waals surface area contributed by atoms with Crippen molar-refractivity contribution < 1.29 is 9.91 Å². The standard InChI is InChI=1S/C19H23N3O2/c1-13-3-4-14(9-18(13)22-23)12-24-19(2)7-5-17-16(10-19)15(6-8-20)11-21-17/h3-5,7,9,11,21H,6,8,10,12,20H2,1-2H3/p+1. The van der Waals surface area contributed by atoms with Gasteiger partial charge in [-0.15, -0.1) is 0 Å². The van der Waals surface area contributed by atoms with Crippen molar-refractivity contribution in [2.75, 3.05) is 6.54 Å². The summed E-state index contributed by atoms with van der Waals surface area (Å²) in [5.74, 6) is 0. The molecule has 0 bridgehead atoms. The highest BCUT2D eigenvalue weighted by Gasteiger charge is 2.29. The fourth-order valence-electron chi connectivity index (χ4n) is 3.13. The van der Waals surface area contributed by atoms with Crippen LogP contribution >= 0.6 is 0 Å². The molecule has 5 heteroatoms. The van der Waals surface area contributed by atoms with Crippen LogP contribution in [0.1, 0.15) is 34.9 Å². The molecule has 1 unspecified atom stereocenters. The largest absolute Gasteiger partial charge is 0.366 e. The Hall–Kier alpha value is -2.24. The predicted molar refractivity (Wildman–Crippen MR) is 94.7 cm³/mol. The Kier molecular flexibility index (Phi) is 4.64. The van der Waals surface area contributed by atoms with Crippen molar-refractivity contribution in [1.29, 1.82) is 0 Å². The number of ether oxygens (including phenoxy) is 1. The van der Waals surface area contributed by atoms with Crippen molar-refractivity contribution in [3.8, 4) is 0 Å². The zero-order chi connectivity index (χ0) is 17.2. The average molecular weight is 326 g/mol. The number of aromatic nitrogens is 1. The quantitative estimate of drug-likeness (QED) is 0.757. The van der Waals surface area contributed by atoms with E-state index in [9.17, 15) is 4.91 Å². The summed E-state index contributed by atoms with van der Waals surface area (Å²) in [5.41, 5.74) is 11.5. The highest BCUT2D eigenvalue weighted by atomic mass is 16.5. The Labute approximate surface area is 141 Å². The lowest BCUT2D eigenvalue weighted by Gasteiger charge is -2.30. The van der Waals surface area contributed by atoms with E-state index in [1.165, 1.54) is 11.1 Å². The van der Waals surface area contributed by atoms with Gasteiger partial charge in [0.2, 0.25) is 0 Å². The van der Waals surface area contributed by atoms with Crippen molar-refractivity contribution in [2.24, 2.45) is 5.73 Å². The van der Waals surface area contributed by atoms with Gasteiger partial charge in [0.05, 0.1) is 12.2 Å². The van der Waals surface area contributed by atoms with Crippen LogP contribution in [0.3, 0.4) is 0 Å². The van der Waals surface area contributed by atoms with Gasteiger partial charge in [-0.3, -0.25) is 0 Å². The molecule has 0 amide bonds. The molecule has 0 radical (unpaired) electrons. The molecule has 3 rings (SSSR count). The van der Waals surface area contributed by atoms with Gasteiger partial charge >= 0.3 is 0 Å². The Morgan fingerprint density at radius 2 is 2.25 bits per heavy atom. The van der Waals surface area contributed by atoms with Gasteiger partial charge in [0.1, 0.15) is 0 Å². The molecule has 1 aliphatic carbocycles. The van der Waals surface area contributed by atoms with E-state index in [0.29, 0.717) is 18.8 Å². The number of benzene rings is 1. The van der Waals surface area contributed by atoms with Crippen molar-refractivity contribution in [3.05, 3.63) is 63.3 Å². The van der Waals surface area contributed by atoms with Gasteiger partial charge in [-0.2, -0.15) is 0 Å². The summed E-state index contributed by atoms with van der Waals surface area (Å²) in [5, 5.41) is 1.98. The maximum atomic E-state index is 11.0. The molecule has 1 aromatic carbocycles. The molecule has 0 spiro atoms. The van der Waals surface area contributed by atoms with Gasteiger partial charge in [-0.25, -0.2) is 0 Å². The summed E-state index contributed by atoms with van der Waals surface area (Å²) < 4.78 is 6.19. The van der Waals surface area contributed by atoms with E-state index < -0.39 is 0 Å². The van der Waals surface area contributed by atoms with Crippen LogP contribution in [-0.2, 0) is 24.2 Å². The normalized spacial score (nSPS) is 19.3. The summed E-state index contributed by atoms with van der Waals surface area (Å²) >= 11 is 0. The number of hydrogen-bond donors (Lipinski definition) is 3. The molecule has 4 N–H and O–H groups in total. The first kappa shape index (κ1) is 16.6. The number of rotatable bonds is 6. The monoisotopic (exact) mass is 326 g/mol. The number of hydrogen-bond acceptors (Lipinski definition) is 3. The molecule has 1 aliphatic rings. The van der Waals surface area contributed by atoms with Crippen molar-refractivity contribution >= 4 is 11.8 Å². The number of fused-ring (bicyclic) bond motifs is 1. The molecule has 0 saturated heterocycles. The molecule has 1 atom stereocenters. The SMILES string of the molecule is Cc1ccc(COC2(C)C=Cc3[nH]cc(CCN)c3C2)cc1[NH+]=O. The van der Waals surface area contributed by atoms with Crippen LogP contribution in [0.4, 0.5) is 5.69 Å². The average Bonchev–Trinajstić information content (AvgIpc) is 2.96. The minimum Gasteiger partial charge on any atom is -0.366 e. The van der Waals surface area contributed by atoms with Crippen molar-refractivity contribution in [3.63, 3.8) is 0 Å². The van der Waals surface area contributed by atoms with E-state index in [1.807, 2.05) is 36.5 Å².